The molecule has 4 atom stereocenters. The summed E-state index contributed by atoms with van der Waals surface area (Å²) in [5.74, 6) is -4.87. The maximum Gasteiger partial charge on any atom is 0.349 e. The van der Waals surface area contributed by atoms with Crippen molar-refractivity contribution in [3.8, 4) is 5.75 Å². The highest BCUT2D eigenvalue weighted by Crippen LogP contribution is 2.16. The molecule has 3 aromatic rings. The standard InChI is InChI=1S/C20H18O8.C15H25NO3/c1-11-3-7-13(8-4-11)19(25)27-15(17(21)22)16(18(23)24)28-20(26)14-9-5-12(2)6-10-14;1-11(2)16-15(12(3)17)19-14-7-5-13(6-8-14)9-10-18-4/h3-10,15-16H,1-2H3,(H,21,22)(H,23,24);5-8,11-12,15-17H,9-10H2,1-4H3/t;12-,15-/m.1/s1. The lowest BCUT2D eigenvalue weighted by atomic mass is 10.1. The smallest absolute Gasteiger partial charge is 0.349 e. The SMILES string of the molecule is COCCc1ccc(O[C@@H](NC(C)C)[C@@H](C)O)cc1.Cc1ccc(C(=O)OC(C(=O)O)C(OC(=O)c2ccc(C)cc2)C(=O)O)cc1. The first kappa shape index (κ1) is 38.4. The Morgan fingerprint density at radius 1 is 0.702 bits per heavy atom. The molecule has 0 amide bonds. The van der Waals surface area contributed by atoms with Crippen molar-refractivity contribution in [3.05, 3.63) is 101 Å². The van der Waals surface area contributed by atoms with E-state index in [0.29, 0.717) is 6.61 Å². The minimum absolute atomic E-state index is 0.0332. The minimum atomic E-state index is -2.22. The molecule has 4 N–H and O–H groups in total. The lowest BCUT2D eigenvalue weighted by Gasteiger charge is -2.25. The molecular formula is C35H43NO11. The Morgan fingerprint density at radius 2 is 1.13 bits per heavy atom. The van der Waals surface area contributed by atoms with Crippen molar-refractivity contribution in [2.45, 2.75) is 71.6 Å². The van der Waals surface area contributed by atoms with Crippen molar-refractivity contribution in [2.24, 2.45) is 0 Å². The quantitative estimate of drug-likeness (QED) is 0.136. The van der Waals surface area contributed by atoms with Crippen LogP contribution >= 0.6 is 0 Å². The number of carboxylic acid groups (broad SMARTS) is 2. The number of aliphatic hydroxyl groups excluding tert-OH is 1. The summed E-state index contributed by atoms with van der Waals surface area (Å²) in [6.45, 7) is 10.1. The molecule has 2 unspecified atom stereocenters. The first-order valence-electron chi connectivity index (χ1n) is 14.9. The van der Waals surface area contributed by atoms with Gasteiger partial charge < -0.3 is 34.3 Å². The van der Waals surface area contributed by atoms with Crippen molar-refractivity contribution < 1.29 is 53.4 Å². The number of carboxylic acids is 2. The van der Waals surface area contributed by atoms with Crippen LogP contribution in [0.3, 0.4) is 0 Å². The molecule has 0 aliphatic heterocycles. The number of esters is 2. The number of hydrogen-bond acceptors (Lipinski definition) is 10. The average molecular weight is 654 g/mol. The number of rotatable bonds is 15. The zero-order chi connectivity index (χ0) is 35.1. The average Bonchev–Trinajstić information content (AvgIpc) is 3.02. The predicted molar refractivity (Wildman–Crippen MR) is 172 cm³/mol. The number of hydrogen-bond donors (Lipinski definition) is 4. The molecule has 3 rings (SSSR count). The van der Waals surface area contributed by atoms with Crippen LogP contribution in [0.15, 0.2) is 72.8 Å². The molecular weight excluding hydrogens is 610 g/mol. The molecule has 0 aliphatic carbocycles. The first-order valence-corrected chi connectivity index (χ1v) is 14.9. The number of aliphatic hydroxyl groups is 1. The number of carbonyl (C=O) groups excluding carboxylic acids is 2. The summed E-state index contributed by atoms with van der Waals surface area (Å²) in [5, 5.41) is 31.5. The molecule has 0 saturated heterocycles. The third-order valence-electron chi connectivity index (χ3n) is 6.52. The molecule has 0 bridgehead atoms. The van der Waals surface area contributed by atoms with Gasteiger partial charge in [0.25, 0.3) is 0 Å². The highest BCUT2D eigenvalue weighted by molar-refractivity contribution is 5.95. The summed E-state index contributed by atoms with van der Waals surface area (Å²) in [6.07, 6.45) is -4.53. The van der Waals surface area contributed by atoms with Gasteiger partial charge in [0.2, 0.25) is 12.2 Å². The third-order valence-corrected chi connectivity index (χ3v) is 6.52. The highest BCUT2D eigenvalue weighted by atomic mass is 16.6. The van der Waals surface area contributed by atoms with Gasteiger partial charge in [0.05, 0.1) is 17.7 Å². The molecule has 12 heteroatoms. The Kier molecular flexibility index (Phi) is 15.5. The molecule has 254 valence electrons. The Hall–Kier alpha value is -4.78. The van der Waals surface area contributed by atoms with E-state index < -0.39 is 48.4 Å². The minimum Gasteiger partial charge on any atom is -0.478 e. The van der Waals surface area contributed by atoms with Crippen LogP contribution in [-0.4, -0.2) is 83.5 Å². The second-order valence-electron chi connectivity index (χ2n) is 11.0. The van der Waals surface area contributed by atoms with E-state index in [9.17, 15) is 34.5 Å². The number of aryl methyl sites for hydroxylation is 2. The molecule has 0 aromatic heterocycles. The Balaban J connectivity index is 0.000000353. The molecule has 12 nitrogen and oxygen atoms in total. The fourth-order valence-corrected chi connectivity index (χ4v) is 3.93. The monoisotopic (exact) mass is 653 g/mol. The van der Waals surface area contributed by atoms with Crippen molar-refractivity contribution in [1.82, 2.24) is 5.32 Å². The highest BCUT2D eigenvalue weighted by Gasteiger charge is 2.41. The fraction of sp³-hybridized carbons (Fsp3) is 0.371. The Morgan fingerprint density at radius 3 is 1.47 bits per heavy atom. The summed E-state index contributed by atoms with van der Waals surface area (Å²) >= 11 is 0. The van der Waals surface area contributed by atoms with Crippen LogP contribution < -0.4 is 10.1 Å². The lowest BCUT2D eigenvalue weighted by Crippen LogP contribution is -2.46. The van der Waals surface area contributed by atoms with Gasteiger partial charge in [-0.1, -0.05) is 47.5 Å². The summed E-state index contributed by atoms with van der Waals surface area (Å²) in [4.78, 5) is 47.3. The van der Waals surface area contributed by atoms with Gasteiger partial charge >= 0.3 is 23.9 Å². The van der Waals surface area contributed by atoms with Crippen molar-refractivity contribution >= 4 is 23.9 Å². The molecule has 0 heterocycles. The van der Waals surface area contributed by atoms with Gasteiger partial charge in [-0.2, -0.15) is 0 Å². The van der Waals surface area contributed by atoms with E-state index >= 15 is 0 Å². The van der Waals surface area contributed by atoms with Crippen LogP contribution in [0, 0.1) is 13.8 Å². The van der Waals surface area contributed by atoms with Crippen LogP contribution in [0.4, 0.5) is 0 Å². The van der Waals surface area contributed by atoms with E-state index in [1.807, 2.05) is 38.1 Å². The second-order valence-corrected chi connectivity index (χ2v) is 11.0. The zero-order valence-corrected chi connectivity index (χ0v) is 27.3. The fourth-order valence-electron chi connectivity index (χ4n) is 3.93. The van der Waals surface area contributed by atoms with Gasteiger partial charge in [0.15, 0.2) is 6.23 Å². The summed E-state index contributed by atoms with van der Waals surface area (Å²) in [7, 11) is 1.70. The van der Waals surface area contributed by atoms with Gasteiger partial charge in [-0.25, -0.2) is 19.2 Å². The van der Waals surface area contributed by atoms with Gasteiger partial charge in [0.1, 0.15) is 11.9 Å². The maximum absolute atomic E-state index is 12.2. The number of carbonyl (C=O) groups is 4. The van der Waals surface area contributed by atoms with E-state index in [1.54, 1.807) is 52.1 Å². The summed E-state index contributed by atoms with van der Waals surface area (Å²) in [5.41, 5.74) is 3.00. The summed E-state index contributed by atoms with van der Waals surface area (Å²) in [6, 6.07) is 20.2. The second kappa shape index (κ2) is 19.0. The van der Waals surface area contributed by atoms with Crippen LogP contribution in [0.25, 0.3) is 0 Å². The number of methoxy groups -OCH3 is 1. The summed E-state index contributed by atoms with van der Waals surface area (Å²) < 4.78 is 20.4. The van der Waals surface area contributed by atoms with E-state index in [2.05, 4.69) is 5.32 Å². The van der Waals surface area contributed by atoms with Gasteiger partial charge in [-0.05, 0) is 83.0 Å². The normalized spacial score (nSPS) is 13.3. The van der Waals surface area contributed by atoms with Crippen LogP contribution in [0.5, 0.6) is 5.75 Å². The van der Waals surface area contributed by atoms with E-state index in [-0.39, 0.29) is 17.2 Å². The lowest BCUT2D eigenvalue weighted by molar-refractivity contribution is -0.166. The number of aliphatic carboxylic acids is 2. The van der Waals surface area contributed by atoms with Gasteiger partial charge in [-0.15, -0.1) is 0 Å². The van der Waals surface area contributed by atoms with Gasteiger partial charge in [0, 0.05) is 13.2 Å². The molecule has 0 aliphatic rings. The molecule has 0 fully saturated rings. The first-order chi connectivity index (χ1) is 22.2. The number of benzene rings is 3. The Bertz CT molecular complexity index is 1360. The molecule has 0 radical (unpaired) electrons. The molecule has 0 saturated carbocycles. The largest absolute Gasteiger partial charge is 0.478 e. The van der Waals surface area contributed by atoms with Crippen LogP contribution in [0.2, 0.25) is 0 Å². The number of nitrogens with one attached hydrogen (secondary N) is 1. The molecule has 3 aromatic carbocycles. The maximum atomic E-state index is 12.2. The van der Waals surface area contributed by atoms with E-state index in [4.69, 9.17) is 18.9 Å². The van der Waals surface area contributed by atoms with Crippen molar-refractivity contribution in [3.63, 3.8) is 0 Å². The third kappa shape index (κ3) is 13.2. The van der Waals surface area contributed by atoms with Crippen molar-refractivity contribution in [1.29, 1.82) is 0 Å². The topological polar surface area (TPSA) is 178 Å². The van der Waals surface area contributed by atoms with E-state index in [0.717, 1.165) is 23.3 Å². The van der Waals surface area contributed by atoms with E-state index in [1.165, 1.54) is 29.8 Å². The van der Waals surface area contributed by atoms with Crippen LogP contribution in [-0.2, 0) is 30.2 Å². The molecule has 0 spiro atoms. The Labute approximate surface area is 274 Å². The zero-order valence-electron chi connectivity index (χ0n) is 27.3. The molecule has 47 heavy (non-hydrogen) atoms. The predicted octanol–water partition coefficient (Wildman–Crippen LogP) is 4.18. The van der Waals surface area contributed by atoms with Crippen molar-refractivity contribution in [2.75, 3.05) is 13.7 Å². The number of ether oxygens (including phenoxy) is 4. The van der Waals surface area contributed by atoms with Crippen LogP contribution in [0.1, 0.15) is 58.2 Å². The van der Waals surface area contributed by atoms with Gasteiger partial charge in [-0.3, -0.25) is 5.32 Å².